The van der Waals surface area contributed by atoms with E-state index in [4.69, 9.17) is 9.15 Å². The highest BCUT2D eigenvalue weighted by Gasteiger charge is 2.33. The molecule has 0 N–H and O–H groups in total. The van der Waals surface area contributed by atoms with Gasteiger partial charge < -0.3 is 9.15 Å². The van der Waals surface area contributed by atoms with E-state index < -0.39 is 33.9 Å². The number of halogens is 3. The maximum atomic E-state index is 13.1. The molecule has 0 radical (unpaired) electrons. The van der Waals surface area contributed by atoms with Crippen LogP contribution in [0.4, 0.5) is 18.9 Å². The Bertz CT molecular complexity index is 1650. The molecule has 7 nitrogen and oxygen atoms in total. The summed E-state index contributed by atoms with van der Waals surface area (Å²) < 4.78 is 50.1. The third kappa shape index (κ3) is 6.14. The predicted octanol–water partition coefficient (Wildman–Crippen LogP) is 7.66. The van der Waals surface area contributed by atoms with Crippen molar-refractivity contribution < 1.29 is 32.0 Å². The largest absolute Gasteiger partial charge is 0.457 e. The number of nitrogens with zero attached hydrogens (tertiary/aromatic N) is 1. The summed E-state index contributed by atoms with van der Waals surface area (Å²) in [4.78, 5) is 36.0. The minimum Gasteiger partial charge on any atom is -0.457 e. The van der Waals surface area contributed by atoms with E-state index in [1.165, 1.54) is 18.2 Å². The molecule has 202 valence electrons. The van der Waals surface area contributed by atoms with Crippen LogP contribution in [0, 0.1) is 17.0 Å². The first-order chi connectivity index (χ1) is 18.3. The van der Waals surface area contributed by atoms with Crippen LogP contribution in [0.1, 0.15) is 52.4 Å². The number of rotatable bonds is 7. The van der Waals surface area contributed by atoms with Gasteiger partial charge in [-0.25, -0.2) is 9.59 Å². The molecule has 1 heterocycles. The van der Waals surface area contributed by atoms with Gasteiger partial charge in [0.15, 0.2) is 0 Å². The van der Waals surface area contributed by atoms with Crippen molar-refractivity contribution in [2.45, 2.75) is 49.3 Å². The predicted molar refractivity (Wildman–Crippen MR) is 139 cm³/mol. The summed E-state index contributed by atoms with van der Waals surface area (Å²) in [6.45, 7) is 5.73. The van der Waals surface area contributed by atoms with Gasteiger partial charge in [-0.3, -0.25) is 10.1 Å². The van der Waals surface area contributed by atoms with E-state index in [9.17, 15) is 32.9 Å². The Labute approximate surface area is 224 Å². The molecule has 0 saturated carbocycles. The smallest absolute Gasteiger partial charge is 0.416 e. The molecule has 11 heteroatoms. The first-order valence-corrected chi connectivity index (χ1v) is 12.5. The molecule has 0 spiro atoms. The van der Waals surface area contributed by atoms with Gasteiger partial charge in [-0.15, -0.1) is 0 Å². The fraction of sp³-hybridized carbons (Fsp3) is 0.214. The van der Waals surface area contributed by atoms with Crippen molar-refractivity contribution in [2.75, 3.05) is 0 Å². The average molecular weight is 558 g/mol. The van der Waals surface area contributed by atoms with Crippen LogP contribution in [-0.4, -0.2) is 10.9 Å². The zero-order valence-corrected chi connectivity index (χ0v) is 21.8. The summed E-state index contributed by atoms with van der Waals surface area (Å²) in [6, 6.07) is 13.2. The van der Waals surface area contributed by atoms with Gasteiger partial charge in [0.1, 0.15) is 12.2 Å². The number of esters is 1. The number of carbonyl (C=O) groups is 1. The van der Waals surface area contributed by atoms with Gasteiger partial charge in [0, 0.05) is 28.0 Å². The summed E-state index contributed by atoms with van der Waals surface area (Å²) in [6.07, 6.45) is -4.75. The van der Waals surface area contributed by atoms with Crippen LogP contribution in [0.25, 0.3) is 11.0 Å². The minimum atomic E-state index is -4.75. The van der Waals surface area contributed by atoms with E-state index in [0.29, 0.717) is 22.6 Å². The molecule has 0 aliphatic rings. The second-order valence-corrected chi connectivity index (χ2v) is 10.1. The van der Waals surface area contributed by atoms with Crippen molar-refractivity contribution in [3.8, 4) is 0 Å². The lowest BCUT2D eigenvalue weighted by molar-refractivity contribution is -0.388. The summed E-state index contributed by atoms with van der Waals surface area (Å²) in [5.74, 6) is -0.569. The third-order valence-electron chi connectivity index (χ3n) is 6.01. The van der Waals surface area contributed by atoms with Gasteiger partial charge in [-0.05, 0) is 60.4 Å². The molecule has 4 aromatic rings. The lowest BCUT2D eigenvalue weighted by Crippen LogP contribution is -2.09. The number of benzene rings is 3. The second kappa shape index (κ2) is 10.9. The Balaban J connectivity index is 1.63. The van der Waals surface area contributed by atoms with Gasteiger partial charge in [0.25, 0.3) is 5.69 Å². The molecule has 1 aromatic heterocycles. The van der Waals surface area contributed by atoms with E-state index in [0.717, 1.165) is 35.0 Å². The highest BCUT2D eigenvalue weighted by molar-refractivity contribution is 7.99. The molecular weight excluding hydrogens is 535 g/mol. The Morgan fingerprint density at radius 1 is 1.08 bits per heavy atom. The molecule has 0 aliphatic carbocycles. The number of alkyl halides is 3. The fourth-order valence-corrected chi connectivity index (χ4v) is 5.14. The Morgan fingerprint density at radius 2 is 1.79 bits per heavy atom. The molecule has 3 aromatic carbocycles. The lowest BCUT2D eigenvalue weighted by Gasteiger charge is -2.14. The summed E-state index contributed by atoms with van der Waals surface area (Å²) in [7, 11) is 0. The van der Waals surface area contributed by atoms with E-state index >= 15 is 0 Å². The quantitative estimate of drug-likeness (QED) is 0.0995. The first kappa shape index (κ1) is 27.9. The minimum absolute atomic E-state index is 0.0580. The molecule has 0 atom stereocenters. The standard InChI is InChI=1S/C28H22F3NO6S/c1-15(2)20-13-21-17(11-26(33)38-23(21)10-16(20)3)14-37-27(34)19-6-4-5-7-24(19)39-25-9-8-18(28(29,30)31)12-22(25)32(35)36/h4-13,15H,14H2,1-3H3. The number of carbonyl (C=O) groups excluding carboxylic acids is 1. The molecule has 0 fully saturated rings. The zero-order chi connectivity index (χ0) is 28.5. The van der Waals surface area contributed by atoms with Crippen molar-refractivity contribution in [1.29, 1.82) is 0 Å². The number of hydrogen-bond donors (Lipinski definition) is 0. The fourth-order valence-electron chi connectivity index (χ4n) is 4.12. The lowest BCUT2D eigenvalue weighted by atomic mass is 9.95. The molecule has 39 heavy (non-hydrogen) atoms. The van der Waals surface area contributed by atoms with Crippen LogP contribution in [0.3, 0.4) is 0 Å². The van der Waals surface area contributed by atoms with E-state index in [1.807, 2.05) is 26.8 Å². The van der Waals surface area contributed by atoms with Crippen LogP contribution in [0.15, 0.2) is 79.7 Å². The van der Waals surface area contributed by atoms with Crippen molar-refractivity contribution in [2.24, 2.45) is 0 Å². The molecule has 0 unspecified atom stereocenters. The number of hydrogen-bond acceptors (Lipinski definition) is 7. The van der Waals surface area contributed by atoms with Crippen molar-refractivity contribution >= 4 is 34.4 Å². The average Bonchev–Trinajstić information content (AvgIpc) is 2.86. The summed E-state index contributed by atoms with van der Waals surface area (Å²) in [5.41, 5.74) is 0.375. The topological polar surface area (TPSA) is 99.7 Å². The Kier molecular flexibility index (Phi) is 7.82. The Morgan fingerprint density at radius 3 is 2.46 bits per heavy atom. The molecule has 0 amide bonds. The molecule has 0 bridgehead atoms. The van der Waals surface area contributed by atoms with Crippen molar-refractivity contribution in [3.05, 3.63) is 109 Å². The van der Waals surface area contributed by atoms with E-state index in [1.54, 1.807) is 18.2 Å². The number of fused-ring (bicyclic) bond motifs is 1. The summed E-state index contributed by atoms with van der Waals surface area (Å²) in [5, 5.41) is 12.1. The normalized spacial score (nSPS) is 11.7. The third-order valence-corrected chi connectivity index (χ3v) is 7.15. The number of nitro benzene ring substituents is 1. The second-order valence-electron chi connectivity index (χ2n) is 9.06. The highest BCUT2D eigenvalue weighted by Crippen LogP contribution is 2.40. The van der Waals surface area contributed by atoms with Gasteiger partial charge >= 0.3 is 17.8 Å². The SMILES string of the molecule is Cc1cc2oc(=O)cc(COC(=O)c3ccccc3Sc3ccc(C(F)(F)F)cc3[N+](=O)[O-])c2cc1C(C)C. The van der Waals surface area contributed by atoms with Crippen LogP contribution >= 0.6 is 11.8 Å². The Hall–Kier alpha value is -4.12. The van der Waals surface area contributed by atoms with Crippen molar-refractivity contribution in [3.63, 3.8) is 0 Å². The first-order valence-electron chi connectivity index (χ1n) is 11.7. The van der Waals surface area contributed by atoms with Crippen LogP contribution in [0.2, 0.25) is 0 Å². The van der Waals surface area contributed by atoms with Crippen molar-refractivity contribution in [1.82, 2.24) is 0 Å². The van der Waals surface area contributed by atoms with Gasteiger partial charge in [-0.2, -0.15) is 13.2 Å². The maximum Gasteiger partial charge on any atom is 0.416 e. The molecule has 4 rings (SSSR count). The van der Waals surface area contributed by atoms with Crippen LogP contribution < -0.4 is 5.63 Å². The van der Waals surface area contributed by atoms with Crippen LogP contribution in [0.5, 0.6) is 0 Å². The van der Waals surface area contributed by atoms with Crippen LogP contribution in [-0.2, 0) is 17.5 Å². The van der Waals surface area contributed by atoms with E-state index in [2.05, 4.69) is 0 Å². The molecular formula is C28H22F3NO6S. The summed E-state index contributed by atoms with van der Waals surface area (Å²) >= 11 is 0.775. The molecule has 0 aliphatic heterocycles. The van der Waals surface area contributed by atoms with E-state index in [-0.39, 0.29) is 27.9 Å². The van der Waals surface area contributed by atoms with Gasteiger partial charge in [0.05, 0.1) is 20.9 Å². The monoisotopic (exact) mass is 557 g/mol. The molecule has 0 saturated heterocycles. The maximum absolute atomic E-state index is 13.1. The zero-order valence-electron chi connectivity index (χ0n) is 21.0. The number of nitro groups is 1. The number of ether oxygens (including phenoxy) is 1. The van der Waals surface area contributed by atoms with Gasteiger partial charge in [0.2, 0.25) is 0 Å². The van der Waals surface area contributed by atoms with Gasteiger partial charge in [-0.1, -0.05) is 37.7 Å². The number of aryl methyl sites for hydroxylation is 1. The highest BCUT2D eigenvalue weighted by atomic mass is 32.2.